The lowest BCUT2D eigenvalue weighted by Crippen LogP contribution is -2.31. The van der Waals surface area contributed by atoms with E-state index < -0.39 is 11.8 Å². The number of benzene rings is 2. The van der Waals surface area contributed by atoms with Crippen molar-refractivity contribution in [3.05, 3.63) is 41.5 Å². The number of carbonyl (C=O) groups is 1. The Hall–Kier alpha value is -2.53. The molecule has 0 aliphatic carbocycles. The summed E-state index contributed by atoms with van der Waals surface area (Å²) >= 11 is 0. The van der Waals surface area contributed by atoms with Crippen LogP contribution in [0.1, 0.15) is 22.8 Å². The van der Waals surface area contributed by atoms with Crippen LogP contribution >= 0.6 is 0 Å². The van der Waals surface area contributed by atoms with E-state index in [0.29, 0.717) is 22.1 Å². The van der Waals surface area contributed by atoms with Crippen molar-refractivity contribution in [3.8, 4) is 11.5 Å². The minimum Gasteiger partial charge on any atom is -0.506 e. The minimum absolute atomic E-state index is 0.0259. The van der Waals surface area contributed by atoms with Gasteiger partial charge in [0.15, 0.2) is 0 Å². The SMILES string of the molecule is COC(=O)c1c2c(c3ccccc3c1O)OC(C)(O)C=C2. The van der Waals surface area contributed by atoms with E-state index in [1.807, 2.05) is 0 Å². The second-order valence-electron chi connectivity index (χ2n) is 4.99. The quantitative estimate of drug-likeness (QED) is 0.787. The van der Waals surface area contributed by atoms with Crippen LogP contribution in [0.25, 0.3) is 16.8 Å². The van der Waals surface area contributed by atoms with Gasteiger partial charge in [0.1, 0.15) is 17.1 Å². The number of hydrogen-bond donors (Lipinski definition) is 2. The van der Waals surface area contributed by atoms with E-state index in [2.05, 4.69) is 0 Å². The smallest absolute Gasteiger partial charge is 0.342 e. The van der Waals surface area contributed by atoms with Gasteiger partial charge in [-0.15, -0.1) is 0 Å². The van der Waals surface area contributed by atoms with E-state index in [0.717, 1.165) is 0 Å². The number of aromatic hydroxyl groups is 1. The Labute approximate surface area is 121 Å². The van der Waals surface area contributed by atoms with E-state index in [4.69, 9.17) is 9.47 Å². The average molecular weight is 286 g/mol. The number of ether oxygens (including phenoxy) is 2. The normalized spacial score (nSPS) is 20.0. The Morgan fingerprint density at radius 3 is 2.62 bits per heavy atom. The van der Waals surface area contributed by atoms with Gasteiger partial charge in [-0.05, 0) is 12.2 Å². The number of phenolic OH excluding ortho intramolecular Hbond substituents is 1. The van der Waals surface area contributed by atoms with Gasteiger partial charge >= 0.3 is 5.97 Å². The van der Waals surface area contributed by atoms with Gasteiger partial charge in [-0.25, -0.2) is 4.79 Å². The number of carbonyl (C=O) groups excluding carboxylic acids is 1. The van der Waals surface area contributed by atoms with Crippen molar-refractivity contribution in [1.82, 2.24) is 0 Å². The van der Waals surface area contributed by atoms with Gasteiger partial charge in [0.25, 0.3) is 0 Å². The summed E-state index contributed by atoms with van der Waals surface area (Å²) in [4.78, 5) is 12.0. The van der Waals surface area contributed by atoms with Gasteiger partial charge < -0.3 is 19.7 Å². The van der Waals surface area contributed by atoms with Crippen molar-refractivity contribution in [2.24, 2.45) is 0 Å². The Balaban J connectivity index is 2.43. The molecule has 3 rings (SSSR count). The van der Waals surface area contributed by atoms with Crippen LogP contribution in [0.2, 0.25) is 0 Å². The highest BCUT2D eigenvalue weighted by molar-refractivity contribution is 6.08. The average Bonchev–Trinajstić information content (AvgIpc) is 2.47. The number of esters is 1. The highest BCUT2D eigenvalue weighted by Gasteiger charge is 2.31. The lowest BCUT2D eigenvalue weighted by Gasteiger charge is -2.28. The van der Waals surface area contributed by atoms with E-state index in [1.54, 1.807) is 30.3 Å². The van der Waals surface area contributed by atoms with Crippen LogP contribution in [-0.4, -0.2) is 29.1 Å². The molecule has 0 amide bonds. The Kier molecular flexibility index (Phi) is 2.88. The molecule has 5 nitrogen and oxygen atoms in total. The maximum Gasteiger partial charge on any atom is 0.342 e. The number of phenols is 1. The highest BCUT2D eigenvalue weighted by Crippen LogP contribution is 2.44. The molecule has 0 spiro atoms. The summed E-state index contributed by atoms with van der Waals surface area (Å²) in [7, 11) is 1.24. The molecule has 2 aromatic rings. The zero-order valence-electron chi connectivity index (χ0n) is 11.6. The van der Waals surface area contributed by atoms with Crippen LogP contribution in [0.4, 0.5) is 0 Å². The van der Waals surface area contributed by atoms with Crippen LogP contribution in [0.3, 0.4) is 0 Å². The number of methoxy groups -OCH3 is 1. The third kappa shape index (κ3) is 2.02. The Bertz CT molecular complexity index is 774. The topological polar surface area (TPSA) is 76.0 Å². The van der Waals surface area contributed by atoms with E-state index in [9.17, 15) is 15.0 Å². The molecule has 5 heteroatoms. The van der Waals surface area contributed by atoms with Crippen molar-refractivity contribution in [1.29, 1.82) is 0 Å². The molecule has 21 heavy (non-hydrogen) atoms. The van der Waals surface area contributed by atoms with E-state index >= 15 is 0 Å². The number of aliphatic hydroxyl groups is 1. The van der Waals surface area contributed by atoms with Crippen molar-refractivity contribution in [2.75, 3.05) is 7.11 Å². The van der Waals surface area contributed by atoms with Gasteiger partial charge in [-0.1, -0.05) is 24.3 Å². The highest BCUT2D eigenvalue weighted by atomic mass is 16.6. The maximum absolute atomic E-state index is 12.0. The molecule has 0 saturated carbocycles. The largest absolute Gasteiger partial charge is 0.506 e. The summed E-state index contributed by atoms with van der Waals surface area (Å²) in [6, 6.07) is 6.96. The molecule has 1 aliphatic rings. The molecule has 2 N–H and O–H groups in total. The van der Waals surface area contributed by atoms with Gasteiger partial charge in [0.05, 0.1) is 7.11 Å². The molecule has 1 unspecified atom stereocenters. The van der Waals surface area contributed by atoms with Crippen molar-refractivity contribution in [3.63, 3.8) is 0 Å². The standard InChI is InChI=1S/C16H14O5/c1-16(19)8-7-11-12(15(18)20-2)13(17)9-5-3-4-6-10(9)14(11)21-16/h3-8,17,19H,1-2H3. The molecule has 0 saturated heterocycles. The van der Waals surface area contributed by atoms with Crippen LogP contribution < -0.4 is 4.74 Å². The molecule has 2 aromatic carbocycles. The fraction of sp³-hybridized carbons (Fsp3) is 0.188. The fourth-order valence-corrected chi connectivity index (χ4v) is 2.46. The molecule has 1 heterocycles. The maximum atomic E-state index is 12.0. The summed E-state index contributed by atoms with van der Waals surface area (Å²) in [5.41, 5.74) is 0.419. The number of hydrogen-bond acceptors (Lipinski definition) is 5. The van der Waals surface area contributed by atoms with Gasteiger partial charge in [0.2, 0.25) is 5.79 Å². The molecule has 108 valence electrons. The Morgan fingerprint density at radius 1 is 1.29 bits per heavy atom. The van der Waals surface area contributed by atoms with E-state index in [-0.39, 0.29) is 11.3 Å². The van der Waals surface area contributed by atoms with Gasteiger partial charge in [-0.2, -0.15) is 0 Å². The first-order valence-corrected chi connectivity index (χ1v) is 6.41. The zero-order chi connectivity index (χ0) is 15.2. The first kappa shape index (κ1) is 13.5. The summed E-state index contributed by atoms with van der Waals surface area (Å²) in [6.07, 6.45) is 2.97. The molecule has 0 aromatic heterocycles. The van der Waals surface area contributed by atoms with Crippen molar-refractivity contribution >= 4 is 22.8 Å². The molecule has 0 fully saturated rings. The Morgan fingerprint density at radius 2 is 1.95 bits per heavy atom. The third-order valence-electron chi connectivity index (χ3n) is 3.44. The molecule has 0 bridgehead atoms. The number of rotatable bonds is 1. The van der Waals surface area contributed by atoms with Crippen molar-refractivity contribution < 1.29 is 24.5 Å². The summed E-state index contributed by atoms with van der Waals surface area (Å²) in [6.45, 7) is 1.49. The lowest BCUT2D eigenvalue weighted by molar-refractivity contribution is -0.0779. The summed E-state index contributed by atoms with van der Waals surface area (Å²) in [5.74, 6) is -1.95. The van der Waals surface area contributed by atoms with E-state index in [1.165, 1.54) is 20.1 Å². The minimum atomic E-state index is -1.47. The van der Waals surface area contributed by atoms with Gasteiger partial charge in [0, 0.05) is 23.3 Å². The van der Waals surface area contributed by atoms with Crippen LogP contribution in [0, 0.1) is 0 Å². The molecule has 1 atom stereocenters. The summed E-state index contributed by atoms with van der Waals surface area (Å²) in [5, 5.41) is 21.5. The predicted octanol–water partition coefficient (Wildman–Crippen LogP) is 2.45. The zero-order valence-corrected chi connectivity index (χ0v) is 11.6. The van der Waals surface area contributed by atoms with Crippen LogP contribution in [0.15, 0.2) is 30.3 Å². The molecule has 1 aliphatic heterocycles. The van der Waals surface area contributed by atoms with Gasteiger partial charge in [-0.3, -0.25) is 0 Å². The second-order valence-corrected chi connectivity index (χ2v) is 4.99. The molecule has 0 radical (unpaired) electrons. The summed E-state index contributed by atoms with van der Waals surface area (Å²) < 4.78 is 10.3. The van der Waals surface area contributed by atoms with Crippen LogP contribution in [0.5, 0.6) is 11.5 Å². The number of fused-ring (bicyclic) bond motifs is 3. The molecular weight excluding hydrogens is 272 g/mol. The molecular formula is C16H14O5. The first-order chi connectivity index (χ1) is 9.94. The fourth-order valence-electron chi connectivity index (χ4n) is 2.46. The predicted molar refractivity (Wildman–Crippen MR) is 77.2 cm³/mol. The second kappa shape index (κ2) is 4.49. The first-order valence-electron chi connectivity index (χ1n) is 6.41. The third-order valence-corrected chi connectivity index (χ3v) is 3.44. The van der Waals surface area contributed by atoms with Crippen LogP contribution in [-0.2, 0) is 4.74 Å². The monoisotopic (exact) mass is 286 g/mol. The van der Waals surface area contributed by atoms with Crippen molar-refractivity contribution in [2.45, 2.75) is 12.7 Å². The lowest BCUT2D eigenvalue weighted by atomic mass is 9.95.